The number of hydrogen-bond acceptors (Lipinski definition) is 4. The van der Waals surface area contributed by atoms with Crippen LogP contribution in [0.1, 0.15) is 9.67 Å². The van der Waals surface area contributed by atoms with Crippen LogP contribution in [0.4, 0.5) is 10.2 Å². The second-order valence-electron chi connectivity index (χ2n) is 5.11. The van der Waals surface area contributed by atoms with Crippen LogP contribution >= 0.6 is 22.9 Å². The highest BCUT2D eigenvalue weighted by atomic mass is 35.5. The van der Waals surface area contributed by atoms with Crippen molar-refractivity contribution in [2.45, 2.75) is 0 Å². The quantitative estimate of drug-likeness (QED) is 0.755. The number of thiophene rings is 1. The predicted molar refractivity (Wildman–Crippen MR) is 91.7 cm³/mol. The molecule has 2 aromatic heterocycles. The summed E-state index contributed by atoms with van der Waals surface area (Å²) >= 11 is 7.22. The summed E-state index contributed by atoms with van der Waals surface area (Å²) in [5, 5.41) is 3.25. The van der Waals surface area contributed by atoms with E-state index in [2.05, 4.69) is 5.32 Å². The Morgan fingerprint density at radius 1 is 1.21 bits per heavy atom. The maximum Gasteiger partial charge on any atom is 0.332 e. The Morgan fingerprint density at radius 2 is 1.92 bits per heavy atom. The van der Waals surface area contributed by atoms with Crippen molar-refractivity contribution in [1.29, 1.82) is 0 Å². The lowest BCUT2D eigenvalue weighted by atomic mass is 10.2. The first kappa shape index (κ1) is 16.4. The van der Waals surface area contributed by atoms with Crippen molar-refractivity contribution >= 4 is 44.7 Å². The van der Waals surface area contributed by atoms with Gasteiger partial charge in [0.25, 0.3) is 11.5 Å². The second kappa shape index (κ2) is 5.88. The standard InChI is InChI=1S/C15H11ClFN3O3S/c1-19-10(6-11(21)20(2)15(19)23)18-14(22)13-12(16)8-4-3-7(17)5-9(8)24-13/h3-6H,1-2H3,(H,18,22). The first-order valence-corrected chi connectivity index (χ1v) is 7.95. The first-order valence-electron chi connectivity index (χ1n) is 6.75. The van der Waals surface area contributed by atoms with Gasteiger partial charge in [-0.05, 0) is 18.2 Å². The molecule has 124 valence electrons. The Hall–Kier alpha value is -2.45. The number of benzene rings is 1. The topological polar surface area (TPSA) is 73.1 Å². The van der Waals surface area contributed by atoms with Gasteiger partial charge in [0, 0.05) is 30.2 Å². The van der Waals surface area contributed by atoms with Crippen LogP contribution in [0.3, 0.4) is 0 Å². The number of hydrogen-bond donors (Lipinski definition) is 1. The lowest BCUT2D eigenvalue weighted by Gasteiger charge is -2.10. The van der Waals surface area contributed by atoms with Crippen molar-refractivity contribution in [3.05, 3.63) is 60.8 Å². The van der Waals surface area contributed by atoms with Crippen LogP contribution in [-0.4, -0.2) is 15.0 Å². The Morgan fingerprint density at radius 3 is 2.62 bits per heavy atom. The maximum atomic E-state index is 13.3. The highest BCUT2D eigenvalue weighted by molar-refractivity contribution is 7.21. The molecule has 0 aliphatic carbocycles. The Labute approximate surface area is 143 Å². The smallest absolute Gasteiger partial charge is 0.307 e. The average Bonchev–Trinajstić information content (AvgIpc) is 2.86. The van der Waals surface area contributed by atoms with Crippen LogP contribution < -0.4 is 16.6 Å². The lowest BCUT2D eigenvalue weighted by molar-refractivity contribution is 0.103. The molecule has 0 fully saturated rings. The molecule has 0 unspecified atom stereocenters. The zero-order valence-electron chi connectivity index (χ0n) is 12.6. The number of nitrogens with zero attached hydrogens (tertiary/aromatic N) is 2. The van der Waals surface area contributed by atoms with Crippen LogP contribution in [0.25, 0.3) is 10.1 Å². The molecule has 0 saturated carbocycles. The summed E-state index contributed by atoms with van der Waals surface area (Å²) in [5.74, 6) is -0.959. The van der Waals surface area contributed by atoms with Crippen molar-refractivity contribution in [2.75, 3.05) is 5.32 Å². The van der Waals surface area contributed by atoms with Gasteiger partial charge >= 0.3 is 5.69 Å². The minimum atomic E-state index is -0.579. The normalized spacial score (nSPS) is 11.0. The Balaban J connectivity index is 2.04. The fraction of sp³-hybridized carbons (Fsp3) is 0.133. The number of carbonyl (C=O) groups is 1. The van der Waals surface area contributed by atoms with Gasteiger partial charge in [-0.3, -0.25) is 18.7 Å². The third-order valence-electron chi connectivity index (χ3n) is 3.57. The molecular formula is C15H11ClFN3O3S. The van der Waals surface area contributed by atoms with Crippen molar-refractivity contribution in [3.8, 4) is 0 Å². The first-order chi connectivity index (χ1) is 11.3. The van der Waals surface area contributed by atoms with Gasteiger partial charge in [0.15, 0.2) is 0 Å². The summed E-state index contributed by atoms with van der Waals surface area (Å²) in [5.41, 5.74) is -1.11. The van der Waals surface area contributed by atoms with Gasteiger partial charge in [0.1, 0.15) is 16.5 Å². The molecule has 9 heteroatoms. The molecule has 0 aliphatic heterocycles. The number of halogens is 2. The molecule has 2 heterocycles. The SMILES string of the molecule is Cn1c(NC(=O)c2sc3cc(F)ccc3c2Cl)cc(=O)n(C)c1=O. The molecule has 3 aromatic rings. The summed E-state index contributed by atoms with van der Waals surface area (Å²) < 4.78 is 15.9. The number of amides is 1. The molecule has 0 spiro atoms. The Kier molecular flexibility index (Phi) is 4.02. The zero-order chi connectivity index (χ0) is 17.6. The number of aromatic nitrogens is 2. The van der Waals surface area contributed by atoms with Gasteiger partial charge in [0.05, 0.1) is 5.02 Å². The zero-order valence-corrected chi connectivity index (χ0v) is 14.2. The van der Waals surface area contributed by atoms with E-state index < -0.39 is 23.0 Å². The van der Waals surface area contributed by atoms with Crippen LogP contribution in [0.15, 0.2) is 33.9 Å². The third kappa shape index (κ3) is 2.63. The van der Waals surface area contributed by atoms with Crippen molar-refractivity contribution < 1.29 is 9.18 Å². The number of fused-ring (bicyclic) bond motifs is 1. The summed E-state index contributed by atoms with van der Waals surface area (Å²) in [6.45, 7) is 0. The van der Waals surface area contributed by atoms with Gasteiger partial charge < -0.3 is 5.32 Å². The second-order valence-corrected chi connectivity index (χ2v) is 6.54. The molecule has 0 bridgehead atoms. The van der Waals surface area contributed by atoms with Gasteiger partial charge in [0.2, 0.25) is 0 Å². The van der Waals surface area contributed by atoms with Crippen LogP contribution in [-0.2, 0) is 14.1 Å². The minimum absolute atomic E-state index is 0.0489. The fourth-order valence-electron chi connectivity index (χ4n) is 2.21. The van der Waals surface area contributed by atoms with Crippen LogP contribution in [0, 0.1) is 5.82 Å². The molecule has 0 saturated heterocycles. The maximum absolute atomic E-state index is 13.3. The van der Waals surface area contributed by atoms with E-state index in [1.54, 1.807) is 0 Å². The molecule has 0 radical (unpaired) electrons. The molecule has 1 aromatic carbocycles. The van der Waals surface area contributed by atoms with Gasteiger partial charge in [-0.2, -0.15) is 0 Å². The molecule has 0 atom stereocenters. The van der Waals surface area contributed by atoms with Gasteiger partial charge in [-0.1, -0.05) is 11.6 Å². The van der Waals surface area contributed by atoms with E-state index in [1.807, 2.05) is 0 Å². The number of carbonyl (C=O) groups excluding carboxylic acids is 1. The molecule has 0 aliphatic rings. The highest BCUT2D eigenvalue weighted by Gasteiger charge is 2.19. The molecule has 1 N–H and O–H groups in total. The fourth-order valence-corrected chi connectivity index (χ4v) is 3.65. The van der Waals surface area contributed by atoms with Crippen molar-refractivity contribution in [2.24, 2.45) is 14.1 Å². The summed E-state index contributed by atoms with van der Waals surface area (Å²) in [7, 11) is 2.77. The van der Waals surface area contributed by atoms with E-state index in [-0.39, 0.29) is 15.7 Å². The number of rotatable bonds is 2. The molecule has 1 amide bonds. The monoisotopic (exact) mass is 367 g/mol. The van der Waals surface area contributed by atoms with Crippen molar-refractivity contribution in [3.63, 3.8) is 0 Å². The number of nitrogens with one attached hydrogen (secondary N) is 1. The van der Waals surface area contributed by atoms with Crippen LogP contribution in [0.5, 0.6) is 0 Å². The van der Waals surface area contributed by atoms with Crippen molar-refractivity contribution in [1.82, 2.24) is 9.13 Å². The largest absolute Gasteiger partial charge is 0.332 e. The molecule has 24 heavy (non-hydrogen) atoms. The minimum Gasteiger partial charge on any atom is -0.307 e. The molecule has 6 nitrogen and oxygen atoms in total. The number of anilines is 1. The van der Waals surface area contributed by atoms with E-state index in [0.29, 0.717) is 10.1 Å². The lowest BCUT2D eigenvalue weighted by Crippen LogP contribution is -2.38. The third-order valence-corrected chi connectivity index (χ3v) is 5.22. The van der Waals surface area contributed by atoms with E-state index >= 15 is 0 Å². The highest BCUT2D eigenvalue weighted by Crippen LogP contribution is 2.36. The van der Waals surface area contributed by atoms with E-state index in [1.165, 1.54) is 32.3 Å². The Bertz CT molecular complexity index is 1100. The van der Waals surface area contributed by atoms with E-state index in [4.69, 9.17) is 11.6 Å². The summed E-state index contributed by atoms with van der Waals surface area (Å²) in [4.78, 5) is 36.2. The van der Waals surface area contributed by atoms with E-state index in [0.717, 1.165) is 26.5 Å². The average molecular weight is 368 g/mol. The van der Waals surface area contributed by atoms with Gasteiger partial charge in [-0.25, -0.2) is 9.18 Å². The van der Waals surface area contributed by atoms with Gasteiger partial charge in [-0.15, -0.1) is 11.3 Å². The molecule has 3 rings (SSSR count). The predicted octanol–water partition coefficient (Wildman–Crippen LogP) is 2.34. The summed E-state index contributed by atoms with van der Waals surface area (Å²) in [6.07, 6.45) is 0. The molecular weight excluding hydrogens is 357 g/mol. The van der Waals surface area contributed by atoms with Crippen LogP contribution in [0.2, 0.25) is 5.02 Å². The summed E-state index contributed by atoms with van der Waals surface area (Å²) in [6, 6.07) is 5.18. The van der Waals surface area contributed by atoms with E-state index in [9.17, 15) is 18.8 Å².